The summed E-state index contributed by atoms with van der Waals surface area (Å²) >= 11 is 2.06. The Kier molecular flexibility index (Phi) is 12.8. The second kappa shape index (κ2) is 12.7. The lowest BCUT2D eigenvalue weighted by atomic mass is 10.1. The van der Waals surface area contributed by atoms with Gasteiger partial charge in [0.1, 0.15) is 0 Å². The van der Waals surface area contributed by atoms with Crippen molar-refractivity contribution in [1.29, 1.82) is 0 Å². The van der Waals surface area contributed by atoms with Crippen LogP contribution in [0.25, 0.3) is 0 Å². The Hall–Kier alpha value is 0.270. The zero-order chi connectivity index (χ0) is 15.6. The summed E-state index contributed by atoms with van der Waals surface area (Å²) in [6.45, 7) is 9.85. The van der Waals surface area contributed by atoms with Gasteiger partial charge in [-0.05, 0) is 39.5 Å². The minimum Gasteiger partial charge on any atom is -0.383 e. The molecule has 0 saturated carbocycles. The van der Waals surface area contributed by atoms with Gasteiger partial charge in [0, 0.05) is 38.0 Å². The predicted molar refractivity (Wildman–Crippen MR) is 109 cm³/mol. The lowest BCUT2D eigenvalue weighted by molar-refractivity contribution is 0.162. The van der Waals surface area contributed by atoms with Gasteiger partial charge in [0.15, 0.2) is 5.96 Å². The highest BCUT2D eigenvalue weighted by molar-refractivity contribution is 14.0. The van der Waals surface area contributed by atoms with Crippen molar-refractivity contribution in [2.24, 2.45) is 4.99 Å². The van der Waals surface area contributed by atoms with Crippen LogP contribution in [-0.4, -0.2) is 74.8 Å². The fourth-order valence-corrected chi connectivity index (χ4v) is 3.50. The van der Waals surface area contributed by atoms with Gasteiger partial charge < -0.3 is 20.3 Å². The van der Waals surface area contributed by atoms with E-state index < -0.39 is 0 Å². The third-order valence-electron chi connectivity index (χ3n) is 3.68. The van der Waals surface area contributed by atoms with Gasteiger partial charge in [-0.1, -0.05) is 0 Å². The van der Waals surface area contributed by atoms with Gasteiger partial charge >= 0.3 is 0 Å². The lowest BCUT2D eigenvalue weighted by Crippen LogP contribution is -2.42. The second-order valence-corrected chi connectivity index (χ2v) is 7.50. The maximum Gasteiger partial charge on any atom is 0.191 e. The molecule has 1 fully saturated rings. The van der Waals surface area contributed by atoms with E-state index >= 15 is 0 Å². The van der Waals surface area contributed by atoms with Gasteiger partial charge in [0.2, 0.25) is 0 Å². The third-order valence-corrected chi connectivity index (χ3v) is 5.20. The van der Waals surface area contributed by atoms with E-state index in [2.05, 4.69) is 48.2 Å². The first-order valence-electron chi connectivity index (χ1n) is 7.93. The molecule has 1 aliphatic rings. The molecule has 5 nitrogen and oxygen atoms in total. The maximum atomic E-state index is 5.08. The average Bonchev–Trinajstić information content (AvgIpc) is 2.90. The van der Waals surface area contributed by atoms with E-state index in [1.807, 2.05) is 0 Å². The first-order valence-corrected chi connectivity index (χ1v) is 8.92. The molecular weight excluding hydrogens is 411 g/mol. The molecule has 0 aromatic heterocycles. The minimum atomic E-state index is 0. The van der Waals surface area contributed by atoms with Crippen LogP contribution in [-0.2, 0) is 4.74 Å². The Morgan fingerprint density at radius 2 is 2.14 bits per heavy atom. The molecule has 132 valence electrons. The zero-order valence-electron chi connectivity index (χ0n) is 14.5. The highest BCUT2D eigenvalue weighted by Crippen LogP contribution is 2.37. The van der Waals surface area contributed by atoms with Crippen molar-refractivity contribution in [3.05, 3.63) is 0 Å². The van der Waals surface area contributed by atoms with Crippen molar-refractivity contribution < 1.29 is 4.74 Å². The largest absolute Gasteiger partial charge is 0.383 e. The summed E-state index contributed by atoms with van der Waals surface area (Å²) in [6, 6.07) is 0. The van der Waals surface area contributed by atoms with Crippen molar-refractivity contribution in [2.75, 3.05) is 59.2 Å². The summed E-state index contributed by atoms with van der Waals surface area (Å²) in [5, 5.41) is 6.74. The van der Waals surface area contributed by atoms with Gasteiger partial charge in [-0.15, -0.1) is 24.0 Å². The van der Waals surface area contributed by atoms with E-state index in [-0.39, 0.29) is 24.0 Å². The molecule has 1 aliphatic heterocycles. The average molecular weight is 444 g/mol. The molecule has 1 unspecified atom stereocenters. The number of halogens is 1. The maximum absolute atomic E-state index is 5.08. The van der Waals surface area contributed by atoms with Gasteiger partial charge in [-0.3, -0.25) is 4.99 Å². The normalized spacial score (nSPS) is 21.8. The summed E-state index contributed by atoms with van der Waals surface area (Å²) < 4.78 is 5.42. The molecular formula is C15H33IN4OS. The molecule has 22 heavy (non-hydrogen) atoms. The monoisotopic (exact) mass is 444 g/mol. The first kappa shape index (κ1) is 22.3. The predicted octanol–water partition coefficient (Wildman–Crippen LogP) is 2.02. The molecule has 0 radical (unpaired) electrons. The van der Waals surface area contributed by atoms with Crippen LogP contribution in [0, 0.1) is 0 Å². The Balaban J connectivity index is 0.00000441. The summed E-state index contributed by atoms with van der Waals surface area (Å²) in [7, 11) is 3.85. The Labute approximate surface area is 157 Å². The number of hydrogen-bond acceptors (Lipinski definition) is 4. The quantitative estimate of drug-likeness (QED) is 0.324. The van der Waals surface area contributed by atoms with Crippen molar-refractivity contribution in [1.82, 2.24) is 15.5 Å². The first-order chi connectivity index (χ1) is 10.1. The van der Waals surface area contributed by atoms with Crippen LogP contribution in [0.3, 0.4) is 0 Å². The van der Waals surface area contributed by atoms with Gasteiger partial charge in [0.25, 0.3) is 0 Å². The molecule has 0 amide bonds. The SMILES string of the molecule is CCNC(=NCC1(C)CCCS1)NCCN(C)CCOC.I. The van der Waals surface area contributed by atoms with Crippen LogP contribution in [0.1, 0.15) is 26.7 Å². The fraction of sp³-hybridized carbons (Fsp3) is 0.933. The Morgan fingerprint density at radius 1 is 1.36 bits per heavy atom. The van der Waals surface area contributed by atoms with E-state index in [1.165, 1.54) is 18.6 Å². The van der Waals surface area contributed by atoms with Crippen LogP contribution >= 0.6 is 35.7 Å². The van der Waals surface area contributed by atoms with Gasteiger partial charge in [0.05, 0.1) is 13.2 Å². The van der Waals surface area contributed by atoms with Gasteiger partial charge in [-0.25, -0.2) is 0 Å². The van der Waals surface area contributed by atoms with Crippen molar-refractivity contribution >= 4 is 41.7 Å². The number of nitrogens with one attached hydrogen (secondary N) is 2. The summed E-state index contributed by atoms with van der Waals surface area (Å²) in [4.78, 5) is 7.01. The standard InChI is InChI=1S/C15H32N4OS.HI/c1-5-16-14(17-8-9-19(3)10-11-20-4)18-13-15(2)7-6-12-21-15;/h5-13H2,1-4H3,(H2,16,17,18);1H. The molecule has 7 heteroatoms. The van der Waals surface area contributed by atoms with E-state index in [0.29, 0.717) is 4.75 Å². The number of ether oxygens (including phenoxy) is 1. The van der Waals surface area contributed by atoms with E-state index in [1.54, 1.807) is 7.11 Å². The number of guanidine groups is 1. The highest BCUT2D eigenvalue weighted by Gasteiger charge is 2.29. The van der Waals surface area contributed by atoms with E-state index in [0.717, 1.165) is 45.3 Å². The number of methoxy groups -OCH3 is 1. The molecule has 2 N–H and O–H groups in total. The Bertz CT molecular complexity index is 312. The molecule has 1 atom stereocenters. The van der Waals surface area contributed by atoms with E-state index in [9.17, 15) is 0 Å². The number of rotatable bonds is 9. The molecule has 0 aromatic carbocycles. The van der Waals surface area contributed by atoms with Crippen LogP contribution in [0.5, 0.6) is 0 Å². The molecule has 1 saturated heterocycles. The second-order valence-electron chi connectivity index (χ2n) is 5.82. The Morgan fingerprint density at radius 3 is 2.73 bits per heavy atom. The van der Waals surface area contributed by atoms with E-state index in [4.69, 9.17) is 9.73 Å². The number of thioether (sulfide) groups is 1. The topological polar surface area (TPSA) is 48.9 Å². The van der Waals surface area contributed by atoms with Gasteiger partial charge in [-0.2, -0.15) is 11.8 Å². The molecule has 1 rings (SSSR count). The molecule has 0 spiro atoms. The van der Waals surface area contributed by atoms with Crippen molar-refractivity contribution in [3.63, 3.8) is 0 Å². The number of aliphatic imine (C=N–C) groups is 1. The molecule has 0 aliphatic carbocycles. The molecule has 1 heterocycles. The number of hydrogen-bond donors (Lipinski definition) is 2. The van der Waals surface area contributed by atoms with Crippen LogP contribution in [0.15, 0.2) is 4.99 Å². The number of likely N-dealkylation sites (N-methyl/N-ethyl adjacent to an activating group) is 1. The summed E-state index contributed by atoms with van der Waals surface area (Å²) in [5.41, 5.74) is 0. The third kappa shape index (κ3) is 9.42. The lowest BCUT2D eigenvalue weighted by Gasteiger charge is -2.21. The van der Waals surface area contributed by atoms with Crippen molar-refractivity contribution in [3.8, 4) is 0 Å². The van der Waals surface area contributed by atoms with Crippen LogP contribution in [0.4, 0.5) is 0 Å². The van der Waals surface area contributed by atoms with Crippen molar-refractivity contribution in [2.45, 2.75) is 31.4 Å². The minimum absolute atomic E-state index is 0. The fourth-order valence-electron chi connectivity index (χ4n) is 2.27. The highest BCUT2D eigenvalue weighted by atomic mass is 127. The van der Waals surface area contributed by atoms with Crippen LogP contribution in [0.2, 0.25) is 0 Å². The molecule has 0 bridgehead atoms. The molecule has 0 aromatic rings. The number of nitrogens with zero attached hydrogens (tertiary/aromatic N) is 2. The van der Waals surface area contributed by atoms with Crippen LogP contribution < -0.4 is 10.6 Å². The summed E-state index contributed by atoms with van der Waals surface area (Å²) in [5.74, 6) is 2.21. The zero-order valence-corrected chi connectivity index (χ0v) is 17.6. The summed E-state index contributed by atoms with van der Waals surface area (Å²) in [6.07, 6.45) is 2.60. The smallest absolute Gasteiger partial charge is 0.191 e.